The number of carbonyl (C=O) groups is 2. The van der Waals surface area contributed by atoms with Crippen LogP contribution in [0, 0.1) is 27.7 Å². The van der Waals surface area contributed by atoms with Gasteiger partial charge in [0.25, 0.3) is 10.0 Å². The maximum Gasteiger partial charge on any atom is 0.264 e. The Labute approximate surface area is 279 Å². The third kappa shape index (κ3) is 8.30. The van der Waals surface area contributed by atoms with Gasteiger partial charge in [0.1, 0.15) is 12.6 Å². The number of anilines is 1. The lowest BCUT2D eigenvalue weighted by Crippen LogP contribution is -2.54. The summed E-state index contributed by atoms with van der Waals surface area (Å²) >= 11 is 0. The molecule has 4 aromatic carbocycles. The molecule has 1 aliphatic carbocycles. The topological polar surface area (TPSA) is 86.8 Å². The molecule has 0 aliphatic heterocycles. The van der Waals surface area contributed by atoms with Crippen molar-refractivity contribution in [1.82, 2.24) is 10.2 Å². The van der Waals surface area contributed by atoms with Crippen LogP contribution in [0.2, 0.25) is 0 Å². The fourth-order valence-electron chi connectivity index (χ4n) is 6.33. The highest BCUT2D eigenvalue weighted by Gasteiger charge is 2.36. The molecule has 0 bridgehead atoms. The SMILES string of the molecule is Cc1ccc(S(=O)(=O)N(CC(=O)N(Cc2ccccc2C)C(Cc2ccccc2)C(=O)NC2CCCC2)c2ccc(C)cc2C)cc1. The van der Waals surface area contributed by atoms with E-state index in [4.69, 9.17) is 0 Å². The Hall–Kier alpha value is -4.43. The van der Waals surface area contributed by atoms with Crippen LogP contribution in [0.4, 0.5) is 5.69 Å². The monoisotopic (exact) mass is 651 g/mol. The largest absolute Gasteiger partial charge is 0.352 e. The van der Waals surface area contributed by atoms with E-state index >= 15 is 0 Å². The molecule has 4 aromatic rings. The zero-order valence-corrected chi connectivity index (χ0v) is 28.6. The number of amides is 2. The van der Waals surface area contributed by atoms with Crippen molar-refractivity contribution in [2.45, 2.75) is 83.3 Å². The quantitative estimate of drug-likeness (QED) is 0.182. The molecule has 0 saturated heterocycles. The minimum absolute atomic E-state index is 0.0600. The zero-order chi connectivity index (χ0) is 33.6. The van der Waals surface area contributed by atoms with E-state index in [1.54, 1.807) is 35.2 Å². The lowest BCUT2D eigenvalue weighted by molar-refractivity contribution is -0.140. The molecule has 246 valence electrons. The van der Waals surface area contributed by atoms with E-state index in [0.717, 1.165) is 59.1 Å². The van der Waals surface area contributed by atoms with Crippen molar-refractivity contribution >= 4 is 27.5 Å². The number of sulfonamides is 1. The molecule has 5 rings (SSSR count). The summed E-state index contributed by atoms with van der Waals surface area (Å²) in [5.41, 5.74) is 5.87. The summed E-state index contributed by atoms with van der Waals surface area (Å²) in [7, 11) is -4.15. The normalized spacial score (nSPS) is 14.0. The van der Waals surface area contributed by atoms with Crippen LogP contribution in [0.15, 0.2) is 102 Å². The molecule has 0 aromatic heterocycles. The van der Waals surface area contributed by atoms with Gasteiger partial charge in [0, 0.05) is 19.0 Å². The van der Waals surface area contributed by atoms with Gasteiger partial charge in [-0.05, 0) is 81.0 Å². The Balaban J connectivity index is 1.59. The molecule has 1 fully saturated rings. The van der Waals surface area contributed by atoms with Crippen molar-refractivity contribution in [3.05, 3.63) is 130 Å². The number of hydrogen-bond acceptors (Lipinski definition) is 4. The second kappa shape index (κ2) is 15.0. The summed E-state index contributed by atoms with van der Waals surface area (Å²) in [5.74, 6) is -0.673. The maximum atomic E-state index is 14.8. The number of hydrogen-bond donors (Lipinski definition) is 1. The van der Waals surface area contributed by atoms with Crippen LogP contribution in [0.5, 0.6) is 0 Å². The summed E-state index contributed by atoms with van der Waals surface area (Å²) in [6, 6.07) is 28.8. The van der Waals surface area contributed by atoms with Crippen LogP contribution in [0.3, 0.4) is 0 Å². The van der Waals surface area contributed by atoms with E-state index in [1.807, 2.05) is 94.4 Å². The first-order valence-corrected chi connectivity index (χ1v) is 17.8. The van der Waals surface area contributed by atoms with Crippen LogP contribution >= 0.6 is 0 Å². The van der Waals surface area contributed by atoms with E-state index in [-0.39, 0.29) is 23.4 Å². The van der Waals surface area contributed by atoms with E-state index in [1.165, 1.54) is 4.31 Å². The molecule has 0 radical (unpaired) electrons. The minimum atomic E-state index is -4.15. The molecule has 47 heavy (non-hydrogen) atoms. The predicted octanol–water partition coefficient (Wildman–Crippen LogP) is 6.81. The van der Waals surface area contributed by atoms with E-state index in [0.29, 0.717) is 12.1 Å². The van der Waals surface area contributed by atoms with Crippen molar-refractivity contribution in [1.29, 1.82) is 0 Å². The van der Waals surface area contributed by atoms with Crippen LogP contribution in [-0.2, 0) is 32.6 Å². The molecule has 0 heterocycles. The standard InChI is InChI=1S/C39H45N3O4S/c1-28-18-21-35(22-19-28)47(45,46)42(36-23-20-29(2)24-31(36)4)27-38(43)41(26-33-15-9-8-12-30(33)3)37(25-32-13-6-5-7-14-32)39(44)40-34-16-10-11-17-34/h5-9,12-15,18-24,34,37H,10-11,16-17,25-27H2,1-4H3,(H,40,44). The van der Waals surface area contributed by atoms with Gasteiger partial charge in [0.15, 0.2) is 0 Å². The summed E-state index contributed by atoms with van der Waals surface area (Å²) in [5, 5.41) is 3.23. The molecule has 1 atom stereocenters. The van der Waals surface area contributed by atoms with Crippen molar-refractivity contribution in [3.63, 3.8) is 0 Å². The van der Waals surface area contributed by atoms with Crippen molar-refractivity contribution in [2.75, 3.05) is 10.8 Å². The first-order chi connectivity index (χ1) is 22.5. The summed E-state index contributed by atoms with van der Waals surface area (Å²) in [6.07, 6.45) is 4.23. The molecule has 1 unspecified atom stereocenters. The number of rotatable bonds is 12. The number of nitrogens with zero attached hydrogens (tertiary/aromatic N) is 2. The number of nitrogens with one attached hydrogen (secondary N) is 1. The number of benzene rings is 4. The van der Waals surface area contributed by atoms with Gasteiger partial charge in [-0.1, -0.05) is 103 Å². The Morgan fingerprint density at radius 2 is 1.43 bits per heavy atom. The second-order valence-corrected chi connectivity index (χ2v) is 14.6. The third-order valence-corrected chi connectivity index (χ3v) is 10.9. The van der Waals surface area contributed by atoms with Gasteiger partial charge >= 0.3 is 0 Å². The molecule has 8 heteroatoms. The molecule has 1 aliphatic rings. The Kier molecular flexibility index (Phi) is 10.8. The Bertz CT molecular complexity index is 1800. The summed E-state index contributed by atoms with van der Waals surface area (Å²) in [4.78, 5) is 30.6. The first kappa shape index (κ1) is 33.9. The summed E-state index contributed by atoms with van der Waals surface area (Å²) < 4.78 is 29.9. The van der Waals surface area contributed by atoms with Gasteiger partial charge in [-0.15, -0.1) is 0 Å². The zero-order valence-electron chi connectivity index (χ0n) is 27.8. The first-order valence-electron chi connectivity index (χ1n) is 16.4. The van der Waals surface area contributed by atoms with Crippen LogP contribution in [-0.4, -0.2) is 43.8 Å². The van der Waals surface area contributed by atoms with Crippen molar-refractivity contribution in [2.24, 2.45) is 0 Å². The van der Waals surface area contributed by atoms with Gasteiger partial charge in [-0.25, -0.2) is 8.42 Å². The van der Waals surface area contributed by atoms with Gasteiger partial charge in [0.2, 0.25) is 11.8 Å². The van der Waals surface area contributed by atoms with Gasteiger partial charge in [-0.2, -0.15) is 0 Å². The fourth-order valence-corrected chi connectivity index (χ4v) is 7.81. The predicted molar refractivity (Wildman–Crippen MR) is 188 cm³/mol. The van der Waals surface area contributed by atoms with E-state index < -0.39 is 28.5 Å². The highest BCUT2D eigenvalue weighted by atomic mass is 32.2. The van der Waals surface area contributed by atoms with E-state index in [2.05, 4.69) is 5.32 Å². The van der Waals surface area contributed by atoms with Gasteiger partial charge in [0.05, 0.1) is 10.6 Å². The number of carbonyl (C=O) groups excluding carboxylic acids is 2. The van der Waals surface area contributed by atoms with Crippen molar-refractivity contribution < 1.29 is 18.0 Å². The van der Waals surface area contributed by atoms with Gasteiger partial charge in [-0.3, -0.25) is 13.9 Å². The van der Waals surface area contributed by atoms with Crippen LogP contribution in [0.25, 0.3) is 0 Å². The number of aryl methyl sites for hydroxylation is 4. The second-order valence-electron chi connectivity index (χ2n) is 12.8. The molecule has 1 saturated carbocycles. The molecular formula is C39H45N3O4S. The average molecular weight is 652 g/mol. The highest BCUT2D eigenvalue weighted by molar-refractivity contribution is 7.92. The highest BCUT2D eigenvalue weighted by Crippen LogP contribution is 2.29. The fraction of sp³-hybridized carbons (Fsp3) is 0.333. The lowest BCUT2D eigenvalue weighted by Gasteiger charge is -2.35. The molecule has 0 spiro atoms. The molecule has 2 amide bonds. The lowest BCUT2D eigenvalue weighted by atomic mass is 10.0. The Morgan fingerprint density at radius 3 is 2.09 bits per heavy atom. The van der Waals surface area contributed by atoms with Crippen LogP contribution < -0.4 is 9.62 Å². The molecular weight excluding hydrogens is 607 g/mol. The third-order valence-electron chi connectivity index (χ3n) is 9.08. The molecule has 1 N–H and O–H groups in total. The van der Waals surface area contributed by atoms with Gasteiger partial charge < -0.3 is 10.2 Å². The summed E-state index contributed by atoms with van der Waals surface area (Å²) in [6.45, 7) is 7.37. The minimum Gasteiger partial charge on any atom is -0.352 e. The van der Waals surface area contributed by atoms with E-state index in [9.17, 15) is 18.0 Å². The van der Waals surface area contributed by atoms with Crippen molar-refractivity contribution in [3.8, 4) is 0 Å². The Morgan fingerprint density at radius 1 is 0.787 bits per heavy atom. The maximum absolute atomic E-state index is 14.8. The average Bonchev–Trinajstić information content (AvgIpc) is 3.56. The van der Waals surface area contributed by atoms with Crippen LogP contribution in [0.1, 0.15) is 59.1 Å². The smallest absolute Gasteiger partial charge is 0.264 e. The molecule has 7 nitrogen and oxygen atoms in total.